The predicted molar refractivity (Wildman–Crippen MR) is 72.8 cm³/mol. The first-order valence-corrected chi connectivity index (χ1v) is 6.73. The Hall–Kier alpha value is -1.13. The van der Waals surface area contributed by atoms with Crippen LogP contribution in [-0.2, 0) is 11.3 Å². The number of nitrogens with zero attached hydrogens (tertiary/aromatic N) is 1. The summed E-state index contributed by atoms with van der Waals surface area (Å²) in [7, 11) is 0. The van der Waals surface area contributed by atoms with Crippen LogP contribution in [0.5, 0.6) is 5.75 Å². The first-order valence-electron chi connectivity index (χ1n) is 6.73. The Kier molecular flexibility index (Phi) is 8.17. The number of hydrogen-bond acceptors (Lipinski definition) is 4. The second-order valence-electron chi connectivity index (χ2n) is 4.12. The Morgan fingerprint density at radius 2 is 2.06 bits per heavy atom. The third-order valence-electron chi connectivity index (χ3n) is 2.37. The first kappa shape index (κ1) is 14.9. The minimum atomic E-state index is 0.589. The van der Waals surface area contributed by atoms with Crippen molar-refractivity contribution >= 4 is 0 Å². The molecule has 0 aliphatic heterocycles. The SMILES string of the molecule is CCCNCc1cc(OCCOCCC)ccn1. The second-order valence-corrected chi connectivity index (χ2v) is 4.12. The zero-order chi connectivity index (χ0) is 13.1. The molecule has 4 nitrogen and oxygen atoms in total. The average Bonchev–Trinajstić information content (AvgIpc) is 2.39. The molecule has 0 unspecified atom stereocenters. The Bertz CT molecular complexity index is 318. The van der Waals surface area contributed by atoms with E-state index in [1.54, 1.807) is 6.20 Å². The molecule has 1 aromatic heterocycles. The molecule has 102 valence electrons. The van der Waals surface area contributed by atoms with Gasteiger partial charge in [-0.2, -0.15) is 0 Å². The van der Waals surface area contributed by atoms with Gasteiger partial charge in [-0.3, -0.25) is 4.98 Å². The molecule has 0 spiro atoms. The molecule has 1 rings (SSSR count). The van der Waals surface area contributed by atoms with Gasteiger partial charge in [0.1, 0.15) is 12.4 Å². The van der Waals surface area contributed by atoms with E-state index < -0.39 is 0 Å². The van der Waals surface area contributed by atoms with Crippen molar-refractivity contribution in [2.24, 2.45) is 0 Å². The average molecular weight is 252 g/mol. The first-order chi connectivity index (χ1) is 8.86. The Morgan fingerprint density at radius 1 is 1.17 bits per heavy atom. The molecular weight excluding hydrogens is 228 g/mol. The van der Waals surface area contributed by atoms with Gasteiger partial charge in [-0.15, -0.1) is 0 Å². The molecule has 0 aromatic carbocycles. The fourth-order valence-corrected chi connectivity index (χ4v) is 1.50. The lowest BCUT2D eigenvalue weighted by Crippen LogP contribution is -2.15. The summed E-state index contributed by atoms with van der Waals surface area (Å²) < 4.78 is 11.0. The van der Waals surface area contributed by atoms with Crippen LogP contribution in [0.1, 0.15) is 32.4 Å². The molecule has 0 saturated heterocycles. The van der Waals surface area contributed by atoms with Crippen molar-refractivity contribution in [1.82, 2.24) is 10.3 Å². The summed E-state index contributed by atoms with van der Waals surface area (Å²) in [6.07, 6.45) is 3.96. The van der Waals surface area contributed by atoms with E-state index in [1.165, 1.54) is 0 Å². The standard InChI is InChI=1S/C14H24N2O2/c1-3-6-15-12-13-11-14(5-7-16-13)18-10-9-17-8-4-2/h5,7,11,15H,3-4,6,8-10,12H2,1-2H3. The van der Waals surface area contributed by atoms with Crippen molar-refractivity contribution in [3.63, 3.8) is 0 Å². The van der Waals surface area contributed by atoms with Crippen molar-refractivity contribution < 1.29 is 9.47 Å². The molecule has 0 aliphatic rings. The molecule has 1 heterocycles. The number of pyridine rings is 1. The third-order valence-corrected chi connectivity index (χ3v) is 2.37. The maximum atomic E-state index is 5.61. The van der Waals surface area contributed by atoms with Crippen LogP contribution >= 0.6 is 0 Å². The van der Waals surface area contributed by atoms with E-state index in [2.05, 4.69) is 24.1 Å². The molecule has 0 fully saturated rings. The monoisotopic (exact) mass is 252 g/mol. The summed E-state index contributed by atoms with van der Waals surface area (Å²) in [5.74, 6) is 0.860. The molecule has 4 heteroatoms. The highest BCUT2D eigenvalue weighted by molar-refractivity contribution is 5.22. The van der Waals surface area contributed by atoms with Crippen LogP contribution in [0.2, 0.25) is 0 Å². The van der Waals surface area contributed by atoms with E-state index >= 15 is 0 Å². The molecular formula is C14H24N2O2. The zero-order valence-electron chi connectivity index (χ0n) is 11.4. The third kappa shape index (κ3) is 6.57. The number of rotatable bonds is 10. The number of hydrogen-bond donors (Lipinski definition) is 1. The lowest BCUT2D eigenvalue weighted by atomic mass is 10.3. The van der Waals surface area contributed by atoms with Crippen molar-refractivity contribution in [3.05, 3.63) is 24.0 Å². The Morgan fingerprint density at radius 3 is 2.83 bits per heavy atom. The summed E-state index contributed by atoms with van der Waals surface area (Å²) in [4.78, 5) is 4.30. The van der Waals surface area contributed by atoms with Gasteiger partial charge in [0.2, 0.25) is 0 Å². The minimum absolute atomic E-state index is 0.589. The highest BCUT2D eigenvalue weighted by Gasteiger charge is 1.98. The van der Waals surface area contributed by atoms with E-state index in [-0.39, 0.29) is 0 Å². The Balaban J connectivity index is 2.26. The summed E-state index contributed by atoms with van der Waals surface area (Å²) >= 11 is 0. The fraction of sp³-hybridized carbons (Fsp3) is 0.643. The summed E-state index contributed by atoms with van der Waals surface area (Å²) in [5.41, 5.74) is 1.01. The lowest BCUT2D eigenvalue weighted by Gasteiger charge is -2.08. The highest BCUT2D eigenvalue weighted by Crippen LogP contribution is 2.10. The maximum Gasteiger partial charge on any atom is 0.122 e. The van der Waals surface area contributed by atoms with Crippen molar-refractivity contribution in [2.45, 2.75) is 33.2 Å². The Labute approximate surface area is 110 Å². The molecule has 0 amide bonds. The molecule has 1 aromatic rings. The van der Waals surface area contributed by atoms with Crippen molar-refractivity contribution in [3.8, 4) is 5.75 Å². The van der Waals surface area contributed by atoms with Crippen molar-refractivity contribution in [1.29, 1.82) is 0 Å². The molecule has 0 bridgehead atoms. The van der Waals surface area contributed by atoms with Gasteiger partial charge >= 0.3 is 0 Å². The smallest absolute Gasteiger partial charge is 0.122 e. The maximum absolute atomic E-state index is 5.61. The van der Waals surface area contributed by atoms with E-state index in [0.717, 1.165) is 44.0 Å². The van der Waals surface area contributed by atoms with Gasteiger partial charge < -0.3 is 14.8 Å². The van der Waals surface area contributed by atoms with Crippen LogP contribution in [0.15, 0.2) is 18.3 Å². The van der Waals surface area contributed by atoms with E-state index in [4.69, 9.17) is 9.47 Å². The van der Waals surface area contributed by atoms with Gasteiger partial charge in [0.25, 0.3) is 0 Å². The van der Waals surface area contributed by atoms with E-state index in [9.17, 15) is 0 Å². The summed E-state index contributed by atoms with van der Waals surface area (Å²) in [6, 6.07) is 3.85. The van der Waals surface area contributed by atoms with Crippen LogP contribution in [0.3, 0.4) is 0 Å². The molecule has 1 N–H and O–H groups in total. The normalized spacial score (nSPS) is 10.6. The van der Waals surface area contributed by atoms with Gasteiger partial charge in [-0.1, -0.05) is 13.8 Å². The van der Waals surface area contributed by atoms with Gasteiger partial charge in [0.05, 0.1) is 12.3 Å². The van der Waals surface area contributed by atoms with Crippen LogP contribution in [0, 0.1) is 0 Å². The fourth-order valence-electron chi connectivity index (χ4n) is 1.50. The highest BCUT2D eigenvalue weighted by atomic mass is 16.5. The molecule has 0 radical (unpaired) electrons. The van der Waals surface area contributed by atoms with Crippen LogP contribution in [0.25, 0.3) is 0 Å². The van der Waals surface area contributed by atoms with E-state index in [1.807, 2.05) is 12.1 Å². The lowest BCUT2D eigenvalue weighted by molar-refractivity contribution is 0.101. The van der Waals surface area contributed by atoms with Gasteiger partial charge in [0.15, 0.2) is 0 Å². The molecule has 0 aliphatic carbocycles. The molecule has 0 atom stereocenters. The summed E-state index contributed by atoms with van der Waals surface area (Å²) in [6.45, 7) is 8.07. The van der Waals surface area contributed by atoms with Gasteiger partial charge in [0, 0.05) is 25.4 Å². The topological polar surface area (TPSA) is 43.4 Å². The number of nitrogens with one attached hydrogen (secondary N) is 1. The van der Waals surface area contributed by atoms with Gasteiger partial charge in [-0.05, 0) is 25.5 Å². The van der Waals surface area contributed by atoms with Crippen LogP contribution < -0.4 is 10.1 Å². The summed E-state index contributed by atoms with van der Waals surface area (Å²) in [5, 5.41) is 3.32. The second kappa shape index (κ2) is 9.85. The van der Waals surface area contributed by atoms with Crippen LogP contribution in [0.4, 0.5) is 0 Å². The van der Waals surface area contributed by atoms with Crippen LogP contribution in [-0.4, -0.2) is 31.3 Å². The molecule has 0 saturated carbocycles. The van der Waals surface area contributed by atoms with E-state index in [0.29, 0.717) is 13.2 Å². The quantitative estimate of drug-likeness (QED) is 0.649. The number of aromatic nitrogens is 1. The van der Waals surface area contributed by atoms with Gasteiger partial charge in [-0.25, -0.2) is 0 Å². The van der Waals surface area contributed by atoms with Crippen molar-refractivity contribution in [2.75, 3.05) is 26.4 Å². The zero-order valence-corrected chi connectivity index (χ0v) is 11.4. The molecule has 18 heavy (non-hydrogen) atoms. The number of ether oxygens (including phenoxy) is 2. The largest absolute Gasteiger partial charge is 0.491 e. The predicted octanol–water partition coefficient (Wildman–Crippen LogP) is 2.39. The minimum Gasteiger partial charge on any atom is -0.491 e.